The van der Waals surface area contributed by atoms with Crippen LogP contribution in [-0.2, 0) is 0 Å². The lowest BCUT2D eigenvalue weighted by Crippen LogP contribution is -2.49. The van der Waals surface area contributed by atoms with Crippen molar-refractivity contribution in [2.24, 2.45) is 5.18 Å². The van der Waals surface area contributed by atoms with Gasteiger partial charge >= 0.3 is 0 Å². The summed E-state index contributed by atoms with van der Waals surface area (Å²) in [6.07, 6.45) is 0. The average molecular weight is 215 g/mol. The van der Waals surface area contributed by atoms with E-state index in [-0.39, 0.29) is 5.70 Å². The van der Waals surface area contributed by atoms with Crippen LogP contribution in [0.1, 0.15) is 34.6 Å². The lowest BCUT2D eigenvalue weighted by Gasteiger charge is -2.33. The molecule has 0 aromatic rings. The molecule has 1 saturated heterocycles. The van der Waals surface area contributed by atoms with E-state index in [0.29, 0.717) is 5.70 Å². The molecule has 0 saturated carbocycles. The molecule has 0 aromatic carbocycles. The lowest BCUT2D eigenvalue weighted by molar-refractivity contribution is -0.255. The Bertz CT molecular complexity index is 323. The monoisotopic (exact) mass is 215 g/mol. The minimum atomic E-state index is -0.981. The van der Waals surface area contributed by atoms with Crippen molar-refractivity contribution in [1.82, 2.24) is 10.1 Å². The Morgan fingerprint density at radius 3 is 2.00 bits per heavy atom. The summed E-state index contributed by atoms with van der Waals surface area (Å²) in [5.41, 5.74) is -1.36. The van der Waals surface area contributed by atoms with Gasteiger partial charge in [-0.2, -0.15) is 5.06 Å². The molecule has 0 unspecified atom stereocenters. The van der Waals surface area contributed by atoms with Gasteiger partial charge in [-0.3, -0.25) is 5.21 Å². The molecule has 15 heavy (non-hydrogen) atoms. The van der Waals surface area contributed by atoms with Crippen LogP contribution in [0.4, 0.5) is 0 Å². The van der Waals surface area contributed by atoms with Crippen molar-refractivity contribution < 1.29 is 10.4 Å². The third-order valence-electron chi connectivity index (χ3n) is 2.84. The highest BCUT2D eigenvalue weighted by molar-refractivity contribution is 5.26. The molecule has 0 amide bonds. The maximum absolute atomic E-state index is 10.5. The quantitative estimate of drug-likeness (QED) is 0.653. The van der Waals surface area contributed by atoms with Gasteiger partial charge < -0.3 is 5.21 Å². The van der Waals surface area contributed by atoms with Crippen LogP contribution in [0.25, 0.3) is 0 Å². The molecule has 86 valence electrons. The van der Waals surface area contributed by atoms with Gasteiger partial charge in [0.25, 0.3) is 0 Å². The first-order chi connectivity index (χ1) is 6.67. The maximum Gasteiger partial charge on any atom is 0.136 e. The highest BCUT2D eigenvalue weighted by Gasteiger charge is 2.54. The van der Waals surface area contributed by atoms with Gasteiger partial charge in [0.15, 0.2) is 0 Å². The first kappa shape index (κ1) is 12.1. The molecular formula is C9H17N3O3. The second-order valence-electron chi connectivity index (χ2n) is 4.70. The first-order valence-electron chi connectivity index (χ1n) is 4.70. The topological polar surface area (TPSA) is 76.4 Å². The number of allylic oxidation sites excluding steroid dienone is 1. The zero-order valence-corrected chi connectivity index (χ0v) is 9.64. The van der Waals surface area contributed by atoms with Crippen molar-refractivity contribution in [2.75, 3.05) is 0 Å². The fourth-order valence-electron chi connectivity index (χ4n) is 2.05. The summed E-state index contributed by atoms with van der Waals surface area (Å²) in [6.45, 7) is 8.19. The summed E-state index contributed by atoms with van der Waals surface area (Å²) in [6, 6.07) is 0. The van der Waals surface area contributed by atoms with Gasteiger partial charge in [0.2, 0.25) is 0 Å². The minimum absolute atomic E-state index is 0.159. The number of hydroxylamine groups is 4. The Morgan fingerprint density at radius 2 is 1.73 bits per heavy atom. The zero-order valence-electron chi connectivity index (χ0n) is 9.64. The van der Waals surface area contributed by atoms with E-state index in [4.69, 9.17) is 0 Å². The Morgan fingerprint density at radius 1 is 1.27 bits per heavy atom. The fraction of sp³-hybridized carbons (Fsp3) is 0.778. The molecule has 6 heteroatoms. The van der Waals surface area contributed by atoms with Crippen molar-refractivity contribution in [3.8, 4) is 0 Å². The van der Waals surface area contributed by atoms with Gasteiger partial charge in [-0.05, 0) is 39.8 Å². The minimum Gasteiger partial charge on any atom is -0.311 e. The van der Waals surface area contributed by atoms with Gasteiger partial charge in [-0.15, -0.1) is 4.91 Å². The number of hydrogen-bond acceptors (Lipinski definition) is 6. The number of nitroso groups, excluding NO2 is 1. The van der Waals surface area contributed by atoms with Crippen molar-refractivity contribution in [2.45, 2.75) is 45.8 Å². The molecular weight excluding hydrogens is 198 g/mol. The van der Waals surface area contributed by atoms with Crippen LogP contribution in [0.5, 0.6) is 0 Å². The number of nitrogens with zero attached hydrogens (tertiary/aromatic N) is 3. The smallest absolute Gasteiger partial charge is 0.136 e. The molecule has 1 aliphatic rings. The molecule has 0 radical (unpaired) electrons. The van der Waals surface area contributed by atoms with Crippen LogP contribution in [-0.4, -0.2) is 31.7 Å². The first-order valence-corrected chi connectivity index (χ1v) is 4.70. The zero-order chi connectivity index (χ0) is 12.0. The molecule has 1 aliphatic heterocycles. The van der Waals surface area contributed by atoms with Crippen molar-refractivity contribution in [3.63, 3.8) is 0 Å². The molecule has 1 fully saturated rings. The van der Waals surface area contributed by atoms with Gasteiger partial charge in [0, 0.05) is 0 Å². The maximum atomic E-state index is 10.5. The Kier molecular flexibility index (Phi) is 2.63. The van der Waals surface area contributed by atoms with E-state index in [9.17, 15) is 15.3 Å². The Balaban J connectivity index is 3.38. The second-order valence-corrected chi connectivity index (χ2v) is 4.70. The molecule has 0 atom stereocenters. The fourth-order valence-corrected chi connectivity index (χ4v) is 2.05. The standard InChI is InChI=1S/C9H17N3O3/c1-6(10-13)7-8(2,3)12(15)9(4,5)11(7)14/h14-15H,1-5H3/b7-6+. The van der Waals surface area contributed by atoms with Gasteiger partial charge in [0.05, 0.1) is 11.2 Å². The molecule has 0 aromatic heterocycles. The molecule has 6 nitrogen and oxygen atoms in total. The summed E-state index contributed by atoms with van der Waals surface area (Å²) in [4.78, 5) is 10.5. The summed E-state index contributed by atoms with van der Waals surface area (Å²) in [5, 5.41) is 24.5. The SMILES string of the molecule is C/C(N=O)=C1\N(O)C(C)(C)N(O)C1(C)C. The molecule has 0 spiro atoms. The predicted molar refractivity (Wildman–Crippen MR) is 53.9 cm³/mol. The van der Waals surface area contributed by atoms with Crippen LogP contribution in [0.2, 0.25) is 0 Å². The van der Waals surface area contributed by atoms with Crippen LogP contribution in [0.3, 0.4) is 0 Å². The normalized spacial score (nSPS) is 28.1. The van der Waals surface area contributed by atoms with E-state index in [2.05, 4.69) is 5.18 Å². The average Bonchev–Trinajstić information content (AvgIpc) is 2.25. The summed E-state index contributed by atoms with van der Waals surface area (Å²) < 4.78 is 0. The molecule has 2 N–H and O–H groups in total. The predicted octanol–water partition coefficient (Wildman–Crippen LogP) is 1.90. The van der Waals surface area contributed by atoms with E-state index in [1.165, 1.54) is 6.92 Å². The molecule has 1 heterocycles. The Hall–Kier alpha value is -0.980. The van der Waals surface area contributed by atoms with Crippen LogP contribution >= 0.6 is 0 Å². The molecule has 0 bridgehead atoms. The van der Waals surface area contributed by atoms with E-state index in [1.807, 2.05) is 0 Å². The van der Waals surface area contributed by atoms with E-state index in [1.54, 1.807) is 27.7 Å². The Labute approximate surface area is 88.7 Å². The number of rotatable bonds is 1. The largest absolute Gasteiger partial charge is 0.311 e. The summed E-state index contributed by atoms with van der Waals surface area (Å²) in [5.74, 6) is 0. The highest BCUT2D eigenvalue weighted by Crippen LogP contribution is 2.43. The van der Waals surface area contributed by atoms with Crippen LogP contribution in [0.15, 0.2) is 16.6 Å². The molecule has 1 rings (SSSR count). The highest BCUT2D eigenvalue weighted by atomic mass is 16.6. The van der Waals surface area contributed by atoms with Crippen molar-refractivity contribution in [1.29, 1.82) is 0 Å². The van der Waals surface area contributed by atoms with Gasteiger partial charge in [-0.25, -0.2) is 5.06 Å². The summed E-state index contributed by atoms with van der Waals surface area (Å²) >= 11 is 0. The van der Waals surface area contributed by atoms with Crippen LogP contribution < -0.4 is 0 Å². The lowest BCUT2D eigenvalue weighted by atomic mass is 10.0. The van der Waals surface area contributed by atoms with Gasteiger partial charge in [-0.1, -0.05) is 0 Å². The third-order valence-corrected chi connectivity index (χ3v) is 2.84. The summed E-state index contributed by atoms with van der Waals surface area (Å²) in [7, 11) is 0. The van der Waals surface area contributed by atoms with E-state index in [0.717, 1.165) is 10.1 Å². The number of hydrogen-bond donors (Lipinski definition) is 2. The van der Waals surface area contributed by atoms with Crippen molar-refractivity contribution >= 4 is 0 Å². The van der Waals surface area contributed by atoms with E-state index < -0.39 is 11.2 Å². The van der Waals surface area contributed by atoms with Gasteiger partial charge in [0.1, 0.15) is 11.4 Å². The third kappa shape index (κ3) is 1.45. The van der Waals surface area contributed by atoms with E-state index >= 15 is 0 Å². The van der Waals surface area contributed by atoms with Crippen LogP contribution in [0, 0.1) is 4.91 Å². The molecule has 0 aliphatic carbocycles. The van der Waals surface area contributed by atoms with Crippen molar-refractivity contribution in [3.05, 3.63) is 16.3 Å². The second kappa shape index (κ2) is 3.26.